The molecule has 0 spiro atoms. The van der Waals surface area contributed by atoms with Gasteiger partial charge in [0.1, 0.15) is 0 Å². The van der Waals surface area contributed by atoms with Crippen molar-refractivity contribution < 1.29 is 4.74 Å². The predicted molar refractivity (Wildman–Crippen MR) is 123 cm³/mol. The fraction of sp³-hybridized carbons (Fsp3) is 0.615. The van der Waals surface area contributed by atoms with Crippen molar-refractivity contribution in [2.45, 2.75) is 97.3 Å². The molecule has 2 aromatic rings. The maximum atomic E-state index is 5.79. The molecule has 0 radical (unpaired) electrons. The third-order valence-electron chi connectivity index (χ3n) is 5.43. The van der Waals surface area contributed by atoms with E-state index in [-0.39, 0.29) is 0 Å². The number of aryl methyl sites for hydroxylation is 1. The largest absolute Gasteiger partial charge is 0.490 e. The smallest absolute Gasteiger partial charge is 0.159 e. The minimum atomic E-state index is 0.753. The Morgan fingerprint density at radius 2 is 1.21 bits per heavy atom. The molecule has 1 heterocycles. The fourth-order valence-electron chi connectivity index (χ4n) is 3.54. The summed E-state index contributed by atoms with van der Waals surface area (Å²) < 4.78 is 5.79. The van der Waals surface area contributed by atoms with Gasteiger partial charge in [-0.05, 0) is 24.8 Å². The number of ether oxygens (including phenoxy) is 1. The maximum Gasteiger partial charge on any atom is 0.159 e. The van der Waals surface area contributed by atoms with Crippen LogP contribution in [0.2, 0.25) is 0 Å². The molecule has 1 aromatic heterocycles. The van der Waals surface area contributed by atoms with E-state index >= 15 is 0 Å². The van der Waals surface area contributed by atoms with Crippen molar-refractivity contribution in [1.82, 2.24) is 9.97 Å². The first-order valence-electron chi connectivity index (χ1n) is 11.9. The zero-order valence-electron chi connectivity index (χ0n) is 18.7. The lowest BCUT2D eigenvalue weighted by Crippen LogP contribution is -1.99. The number of hydrogen-bond donors (Lipinski definition) is 0. The summed E-state index contributed by atoms with van der Waals surface area (Å²) in [4.78, 5) is 8.97. The highest BCUT2D eigenvalue weighted by Gasteiger charge is 2.03. The Morgan fingerprint density at radius 1 is 0.655 bits per heavy atom. The van der Waals surface area contributed by atoms with E-state index < -0.39 is 0 Å². The molecular weight excluding hydrogens is 356 g/mol. The zero-order valence-corrected chi connectivity index (χ0v) is 18.7. The molecule has 0 N–H and O–H groups in total. The first-order valence-corrected chi connectivity index (χ1v) is 11.9. The molecule has 2 rings (SSSR count). The van der Waals surface area contributed by atoms with Crippen LogP contribution in [0.4, 0.5) is 0 Å². The summed E-state index contributed by atoms with van der Waals surface area (Å²) in [5.74, 6) is 1.53. The second kappa shape index (κ2) is 15.0. The van der Waals surface area contributed by atoms with Crippen molar-refractivity contribution in [2.24, 2.45) is 0 Å². The van der Waals surface area contributed by atoms with Crippen LogP contribution in [0.1, 0.15) is 96.5 Å². The Morgan fingerprint density at radius 3 is 1.83 bits per heavy atom. The first kappa shape index (κ1) is 23.4. The molecule has 0 aliphatic heterocycles. The van der Waals surface area contributed by atoms with E-state index in [1.165, 1.54) is 76.2 Å². The minimum Gasteiger partial charge on any atom is -0.490 e. The summed E-state index contributed by atoms with van der Waals surface area (Å²) in [7, 11) is 0. The topological polar surface area (TPSA) is 35.0 Å². The van der Waals surface area contributed by atoms with Gasteiger partial charge >= 0.3 is 0 Å². The van der Waals surface area contributed by atoms with Crippen molar-refractivity contribution in [3.63, 3.8) is 0 Å². The number of benzene rings is 1. The summed E-state index contributed by atoms with van der Waals surface area (Å²) in [5.41, 5.74) is 2.47. The average molecular weight is 397 g/mol. The van der Waals surface area contributed by atoms with Gasteiger partial charge < -0.3 is 4.74 Å². The summed E-state index contributed by atoms with van der Waals surface area (Å²) in [6.45, 7) is 5.27. The van der Waals surface area contributed by atoms with E-state index in [9.17, 15) is 0 Å². The SMILES string of the molecule is CCCCCCCCCOc1cnc(-c2ccc(CCCCCCC)cc2)nc1. The normalized spacial score (nSPS) is 11.0. The molecule has 0 aliphatic carbocycles. The fourth-order valence-corrected chi connectivity index (χ4v) is 3.54. The number of hydrogen-bond acceptors (Lipinski definition) is 3. The van der Waals surface area contributed by atoms with Gasteiger partial charge in [-0.2, -0.15) is 0 Å². The van der Waals surface area contributed by atoms with Crippen LogP contribution in [0.15, 0.2) is 36.7 Å². The monoisotopic (exact) mass is 396 g/mol. The molecular formula is C26H40N2O. The maximum absolute atomic E-state index is 5.79. The van der Waals surface area contributed by atoms with Gasteiger partial charge in [-0.25, -0.2) is 9.97 Å². The van der Waals surface area contributed by atoms with E-state index in [4.69, 9.17) is 4.74 Å². The van der Waals surface area contributed by atoms with Crippen molar-refractivity contribution in [3.05, 3.63) is 42.2 Å². The van der Waals surface area contributed by atoms with Crippen molar-refractivity contribution >= 4 is 0 Å². The van der Waals surface area contributed by atoms with Gasteiger partial charge in [-0.3, -0.25) is 0 Å². The third-order valence-corrected chi connectivity index (χ3v) is 5.43. The molecule has 29 heavy (non-hydrogen) atoms. The van der Waals surface area contributed by atoms with Crippen LogP contribution in [0, 0.1) is 0 Å². The minimum absolute atomic E-state index is 0.753. The number of unbranched alkanes of at least 4 members (excludes halogenated alkanes) is 10. The standard InChI is InChI=1S/C26H40N2O/c1-3-5-7-9-10-12-14-20-29-25-21-27-26(28-22-25)24-18-16-23(17-19-24)15-13-11-8-6-4-2/h16-19,21-22H,3-15,20H2,1-2H3. The van der Waals surface area contributed by atoms with Crippen LogP contribution in [0.25, 0.3) is 11.4 Å². The Hall–Kier alpha value is -1.90. The average Bonchev–Trinajstić information content (AvgIpc) is 2.76. The van der Waals surface area contributed by atoms with Crippen LogP contribution in [-0.4, -0.2) is 16.6 Å². The second-order valence-corrected chi connectivity index (χ2v) is 8.07. The predicted octanol–water partition coefficient (Wildman–Crippen LogP) is 7.79. The molecule has 0 saturated carbocycles. The lowest BCUT2D eigenvalue weighted by atomic mass is 10.0. The van der Waals surface area contributed by atoms with E-state index in [1.807, 2.05) is 0 Å². The van der Waals surface area contributed by atoms with Crippen LogP contribution >= 0.6 is 0 Å². The van der Waals surface area contributed by atoms with Crippen LogP contribution in [-0.2, 0) is 6.42 Å². The lowest BCUT2D eigenvalue weighted by molar-refractivity contribution is 0.302. The molecule has 0 fully saturated rings. The van der Waals surface area contributed by atoms with Gasteiger partial charge in [0.05, 0.1) is 19.0 Å². The summed E-state index contributed by atoms with van der Waals surface area (Å²) in [6, 6.07) is 8.69. The quantitative estimate of drug-likeness (QED) is 0.272. The number of rotatable bonds is 16. The van der Waals surface area contributed by atoms with Gasteiger partial charge in [0.2, 0.25) is 0 Å². The van der Waals surface area contributed by atoms with Crippen LogP contribution < -0.4 is 4.74 Å². The van der Waals surface area contributed by atoms with Crippen molar-refractivity contribution in [2.75, 3.05) is 6.61 Å². The molecule has 1 aromatic carbocycles. The third kappa shape index (κ3) is 9.92. The molecule has 0 amide bonds. The molecule has 3 nitrogen and oxygen atoms in total. The Balaban J connectivity index is 1.67. The van der Waals surface area contributed by atoms with Crippen molar-refractivity contribution in [1.29, 1.82) is 0 Å². The van der Waals surface area contributed by atoms with Crippen molar-refractivity contribution in [3.8, 4) is 17.1 Å². The molecule has 0 bridgehead atoms. The second-order valence-electron chi connectivity index (χ2n) is 8.07. The number of nitrogens with zero attached hydrogens (tertiary/aromatic N) is 2. The Labute approximate surface area is 178 Å². The Kier molecular flexibility index (Phi) is 12.1. The van der Waals surface area contributed by atoms with Crippen LogP contribution in [0.5, 0.6) is 5.75 Å². The molecule has 160 valence electrons. The van der Waals surface area contributed by atoms with Gasteiger partial charge in [-0.1, -0.05) is 102 Å². The highest BCUT2D eigenvalue weighted by molar-refractivity contribution is 5.55. The summed E-state index contributed by atoms with van der Waals surface area (Å²) in [5, 5.41) is 0. The zero-order chi connectivity index (χ0) is 20.6. The van der Waals surface area contributed by atoms with E-state index in [2.05, 4.69) is 48.1 Å². The molecule has 0 saturated heterocycles. The van der Waals surface area contributed by atoms with Gasteiger partial charge in [0.25, 0.3) is 0 Å². The highest BCUT2D eigenvalue weighted by atomic mass is 16.5. The van der Waals surface area contributed by atoms with E-state index in [1.54, 1.807) is 12.4 Å². The first-order chi connectivity index (χ1) is 14.3. The molecule has 0 aliphatic rings. The summed E-state index contributed by atoms with van der Waals surface area (Å²) >= 11 is 0. The van der Waals surface area contributed by atoms with E-state index in [0.29, 0.717) is 0 Å². The van der Waals surface area contributed by atoms with Gasteiger partial charge in [0.15, 0.2) is 11.6 Å². The molecule has 0 unspecified atom stereocenters. The number of aromatic nitrogens is 2. The molecule has 0 atom stereocenters. The lowest BCUT2D eigenvalue weighted by Gasteiger charge is -2.07. The van der Waals surface area contributed by atoms with Crippen LogP contribution in [0.3, 0.4) is 0 Å². The van der Waals surface area contributed by atoms with E-state index in [0.717, 1.165) is 36.6 Å². The highest BCUT2D eigenvalue weighted by Crippen LogP contribution is 2.19. The van der Waals surface area contributed by atoms with Gasteiger partial charge in [0, 0.05) is 5.56 Å². The van der Waals surface area contributed by atoms with Gasteiger partial charge in [-0.15, -0.1) is 0 Å². The summed E-state index contributed by atoms with van der Waals surface area (Å²) in [6.07, 6.45) is 20.4. The molecule has 3 heteroatoms. The Bertz CT molecular complexity index is 637.